The molecule has 0 aliphatic heterocycles. The van der Waals surface area contributed by atoms with E-state index in [1.54, 1.807) is 12.4 Å². The highest BCUT2D eigenvalue weighted by Gasteiger charge is 2.05. The van der Waals surface area contributed by atoms with Gasteiger partial charge in [0.2, 0.25) is 0 Å². The maximum Gasteiger partial charge on any atom is 0.0923 e. The zero-order chi connectivity index (χ0) is 11.5. The van der Waals surface area contributed by atoms with E-state index in [0.717, 1.165) is 17.9 Å². The molecule has 0 aliphatic rings. The van der Waals surface area contributed by atoms with Crippen LogP contribution in [0.3, 0.4) is 0 Å². The summed E-state index contributed by atoms with van der Waals surface area (Å²) in [5, 5.41) is 1.13. The second-order valence-electron chi connectivity index (χ2n) is 3.52. The number of halogens is 2. The van der Waals surface area contributed by atoms with E-state index < -0.39 is 0 Å². The normalized spacial score (nSPS) is 10.4. The first-order chi connectivity index (χ1) is 7.66. The van der Waals surface area contributed by atoms with Crippen LogP contribution in [0.5, 0.6) is 0 Å². The zero-order valence-corrected chi connectivity index (χ0v) is 10.3. The van der Waals surface area contributed by atoms with Crippen molar-refractivity contribution in [2.75, 3.05) is 11.9 Å². The van der Waals surface area contributed by atoms with Gasteiger partial charge in [-0.1, -0.05) is 23.2 Å². The molecule has 2 rings (SSSR count). The molecule has 2 aromatic rings. The van der Waals surface area contributed by atoms with Crippen LogP contribution in [0, 0.1) is 0 Å². The minimum Gasteiger partial charge on any atom is -0.369 e. The Morgan fingerprint density at radius 2 is 2.12 bits per heavy atom. The summed E-state index contributed by atoms with van der Waals surface area (Å²) in [5.41, 5.74) is 1.99. The lowest BCUT2D eigenvalue weighted by molar-refractivity contribution is 0.894. The summed E-state index contributed by atoms with van der Waals surface area (Å²) in [7, 11) is 1.98. The number of aromatic amines is 1. The smallest absolute Gasteiger partial charge is 0.0923 e. The van der Waals surface area contributed by atoms with E-state index in [2.05, 4.69) is 14.9 Å². The fourth-order valence-corrected chi connectivity index (χ4v) is 1.73. The molecule has 1 heterocycles. The summed E-state index contributed by atoms with van der Waals surface area (Å²) in [6.45, 7) is 0.724. The highest BCUT2D eigenvalue weighted by Crippen LogP contribution is 2.27. The molecule has 0 unspecified atom stereocenters. The zero-order valence-electron chi connectivity index (χ0n) is 8.74. The molecule has 1 N–H and O–H groups in total. The van der Waals surface area contributed by atoms with Crippen LogP contribution in [0.4, 0.5) is 5.69 Å². The Hall–Kier alpha value is -1.19. The van der Waals surface area contributed by atoms with Crippen molar-refractivity contribution in [3.63, 3.8) is 0 Å². The average Bonchev–Trinajstić information content (AvgIpc) is 2.74. The molecule has 0 bridgehead atoms. The average molecular weight is 256 g/mol. The van der Waals surface area contributed by atoms with Crippen molar-refractivity contribution in [1.29, 1.82) is 0 Å². The molecular weight excluding hydrogens is 245 g/mol. The van der Waals surface area contributed by atoms with Gasteiger partial charge >= 0.3 is 0 Å². The molecule has 0 spiro atoms. The predicted molar refractivity (Wildman–Crippen MR) is 67.2 cm³/mol. The maximum absolute atomic E-state index is 5.96. The van der Waals surface area contributed by atoms with Gasteiger partial charge in [-0.05, 0) is 18.2 Å². The van der Waals surface area contributed by atoms with Crippen molar-refractivity contribution in [2.45, 2.75) is 6.54 Å². The van der Waals surface area contributed by atoms with Crippen LogP contribution in [-0.2, 0) is 6.54 Å². The molecule has 0 atom stereocenters. The van der Waals surface area contributed by atoms with Crippen LogP contribution in [0.1, 0.15) is 5.69 Å². The van der Waals surface area contributed by atoms with Gasteiger partial charge < -0.3 is 9.88 Å². The molecule has 3 nitrogen and oxygen atoms in total. The number of H-pyrrole nitrogens is 1. The molecule has 84 valence electrons. The highest BCUT2D eigenvalue weighted by molar-refractivity contribution is 6.42. The number of aromatic nitrogens is 2. The second kappa shape index (κ2) is 4.76. The Bertz CT molecular complexity index is 468. The second-order valence-corrected chi connectivity index (χ2v) is 4.33. The van der Waals surface area contributed by atoms with Gasteiger partial charge in [0.05, 0.1) is 28.6 Å². The lowest BCUT2D eigenvalue weighted by Gasteiger charge is -2.18. The summed E-state index contributed by atoms with van der Waals surface area (Å²) in [6.07, 6.45) is 3.53. The van der Waals surface area contributed by atoms with Crippen LogP contribution in [0.25, 0.3) is 0 Å². The molecule has 0 radical (unpaired) electrons. The number of nitrogens with zero attached hydrogens (tertiary/aromatic N) is 2. The Morgan fingerprint density at radius 3 is 2.75 bits per heavy atom. The van der Waals surface area contributed by atoms with E-state index in [4.69, 9.17) is 23.2 Å². The summed E-state index contributed by atoms with van der Waals surface area (Å²) in [6, 6.07) is 5.57. The highest BCUT2D eigenvalue weighted by atomic mass is 35.5. The molecule has 1 aromatic heterocycles. The largest absolute Gasteiger partial charge is 0.369 e. The topological polar surface area (TPSA) is 31.9 Å². The van der Waals surface area contributed by atoms with Crippen molar-refractivity contribution in [3.8, 4) is 0 Å². The Kier molecular flexibility index (Phi) is 3.36. The van der Waals surface area contributed by atoms with Crippen molar-refractivity contribution in [2.24, 2.45) is 0 Å². The van der Waals surface area contributed by atoms with Crippen molar-refractivity contribution in [1.82, 2.24) is 9.97 Å². The minimum absolute atomic E-state index is 0.563. The third-order valence-electron chi connectivity index (χ3n) is 2.30. The fraction of sp³-hybridized carbons (Fsp3) is 0.182. The van der Waals surface area contributed by atoms with E-state index >= 15 is 0 Å². The van der Waals surface area contributed by atoms with Gasteiger partial charge in [-0.15, -0.1) is 0 Å². The lowest BCUT2D eigenvalue weighted by Crippen LogP contribution is -2.16. The van der Waals surface area contributed by atoms with Gasteiger partial charge in [0, 0.05) is 18.9 Å². The van der Waals surface area contributed by atoms with Gasteiger partial charge in [0.25, 0.3) is 0 Å². The summed E-state index contributed by atoms with van der Waals surface area (Å²) < 4.78 is 0. The van der Waals surface area contributed by atoms with Gasteiger partial charge in [-0.25, -0.2) is 4.98 Å². The molecule has 5 heteroatoms. The van der Waals surface area contributed by atoms with E-state index in [-0.39, 0.29) is 0 Å². The number of hydrogen-bond acceptors (Lipinski definition) is 2. The van der Waals surface area contributed by atoms with Gasteiger partial charge in [0.1, 0.15) is 0 Å². The molecule has 0 aliphatic carbocycles. The SMILES string of the molecule is CN(Cc1c[nH]cn1)c1ccc(Cl)c(Cl)c1. The number of anilines is 1. The molecule has 0 fully saturated rings. The Morgan fingerprint density at radius 1 is 1.31 bits per heavy atom. The van der Waals surface area contributed by atoms with E-state index in [1.807, 2.05) is 25.4 Å². The quantitative estimate of drug-likeness (QED) is 0.913. The molecular formula is C11H11Cl2N3. The van der Waals surface area contributed by atoms with Crippen LogP contribution >= 0.6 is 23.2 Å². The third-order valence-corrected chi connectivity index (χ3v) is 3.04. The number of imidazole rings is 1. The first-order valence-electron chi connectivity index (χ1n) is 4.80. The standard InChI is InChI=1S/C11H11Cl2N3/c1-16(6-8-5-14-7-15-8)9-2-3-10(12)11(13)4-9/h2-5,7H,6H2,1H3,(H,14,15). The van der Waals surface area contributed by atoms with Gasteiger partial charge in [0.15, 0.2) is 0 Å². The van der Waals surface area contributed by atoms with E-state index in [1.165, 1.54) is 0 Å². The van der Waals surface area contributed by atoms with Gasteiger partial charge in [-0.3, -0.25) is 0 Å². The molecule has 0 saturated carbocycles. The maximum atomic E-state index is 5.96. The first-order valence-corrected chi connectivity index (χ1v) is 5.56. The van der Waals surface area contributed by atoms with E-state index in [0.29, 0.717) is 10.0 Å². The molecule has 0 amide bonds. The monoisotopic (exact) mass is 255 g/mol. The number of nitrogens with one attached hydrogen (secondary N) is 1. The van der Waals surface area contributed by atoms with Crippen LogP contribution in [-0.4, -0.2) is 17.0 Å². The summed E-state index contributed by atoms with van der Waals surface area (Å²) in [4.78, 5) is 9.14. The summed E-state index contributed by atoms with van der Waals surface area (Å²) >= 11 is 11.8. The van der Waals surface area contributed by atoms with Crippen molar-refractivity contribution < 1.29 is 0 Å². The van der Waals surface area contributed by atoms with E-state index in [9.17, 15) is 0 Å². The molecule has 0 saturated heterocycles. The summed E-state index contributed by atoms with van der Waals surface area (Å²) in [5.74, 6) is 0. The third kappa shape index (κ3) is 2.49. The Balaban J connectivity index is 2.14. The van der Waals surface area contributed by atoms with Crippen LogP contribution in [0.2, 0.25) is 10.0 Å². The van der Waals surface area contributed by atoms with Crippen molar-refractivity contribution in [3.05, 3.63) is 46.5 Å². The minimum atomic E-state index is 0.563. The van der Waals surface area contributed by atoms with Gasteiger partial charge in [-0.2, -0.15) is 0 Å². The number of rotatable bonds is 3. The van der Waals surface area contributed by atoms with Crippen LogP contribution in [0.15, 0.2) is 30.7 Å². The Labute approximate surface area is 104 Å². The first kappa shape index (κ1) is 11.3. The number of benzene rings is 1. The molecule has 1 aromatic carbocycles. The van der Waals surface area contributed by atoms with Crippen LogP contribution < -0.4 is 4.90 Å². The fourth-order valence-electron chi connectivity index (χ4n) is 1.43. The predicted octanol–water partition coefficient (Wildman–Crippen LogP) is 3.35. The number of hydrogen-bond donors (Lipinski definition) is 1. The lowest BCUT2D eigenvalue weighted by atomic mass is 10.3. The molecule has 16 heavy (non-hydrogen) atoms. The van der Waals surface area contributed by atoms with Crippen molar-refractivity contribution >= 4 is 28.9 Å².